The van der Waals surface area contributed by atoms with E-state index in [1.54, 1.807) is 0 Å². The van der Waals surface area contributed by atoms with Crippen LogP contribution >= 0.6 is 0 Å². The van der Waals surface area contributed by atoms with Crippen LogP contribution in [0.1, 0.15) is 13.8 Å². The second-order valence-electron chi connectivity index (χ2n) is 3.55. The van der Waals surface area contributed by atoms with Gasteiger partial charge in [-0.05, 0) is 12.5 Å². The van der Waals surface area contributed by atoms with Gasteiger partial charge in [0.2, 0.25) is 5.91 Å². The molecule has 0 radical (unpaired) electrons. The molecule has 1 heterocycles. The standard InChI is InChI=1S/C7H10N4O6S.Na/c1-3(17-4(2)12)6-5(9-10-8)7(13)11(6)18(14,15)16;/h3,5-6H,1-2H3,(H,14,15,16);/q;+1/p-1. The van der Waals surface area contributed by atoms with Crippen molar-refractivity contribution in [2.45, 2.75) is 32.0 Å². The van der Waals surface area contributed by atoms with Crippen LogP contribution in [0.2, 0.25) is 0 Å². The van der Waals surface area contributed by atoms with Crippen LogP contribution in [0.4, 0.5) is 0 Å². The van der Waals surface area contributed by atoms with E-state index in [0.717, 1.165) is 6.92 Å². The van der Waals surface area contributed by atoms with E-state index in [1.165, 1.54) is 6.92 Å². The molecule has 0 aliphatic carbocycles. The Labute approximate surface area is 130 Å². The van der Waals surface area contributed by atoms with Gasteiger partial charge in [0.05, 0.1) is 0 Å². The van der Waals surface area contributed by atoms with Crippen LogP contribution in [-0.4, -0.2) is 47.3 Å². The van der Waals surface area contributed by atoms with Crippen LogP contribution in [0.15, 0.2) is 5.11 Å². The fourth-order valence-corrected chi connectivity index (χ4v) is 2.59. The Hall–Kier alpha value is -0.840. The zero-order chi connectivity index (χ0) is 14.1. The SMILES string of the molecule is CC(=O)OC(C)C1C(N=[N+]=[N-])C(=O)N1S(=O)(=O)[O-].[Na+]. The second-order valence-corrected chi connectivity index (χ2v) is 4.80. The normalized spacial score (nSPS) is 23.5. The third-order valence-corrected chi connectivity index (χ3v) is 3.22. The zero-order valence-corrected chi connectivity index (χ0v) is 13.2. The van der Waals surface area contributed by atoms with E-state index >= 15 is 0 Å². The maximum Gasteiger partial charge on any atom is 1.00 e. The van der Waals surface area contributed by atoms with E-state index in [0.29, 0.717) is 0 Å². The number of carbonyl (C=O) groups excluding carboxylic acids is 2. The predicted octanol–water partition coefficient (Wildman–Crippen LogP) is -3.71. The summed E-state index contributed by atoms with van der Waals surface area (Å²) in [6, 6.07) is -2.67. The van der Waals surface area contributed by atoms with Gasteiger partial charge in [-0.15, -0.1) is 0 Å². The number of azide groups is 1. The number of β-lactam (4-membered cyclic amide) rings is 1. The van der Waals surface area contributed by atoms with Crippen molar-refractivity contribution in [3.8, 4) is 0 Å². The first-order chi connectivity index (χ1) is 8.20. The van der Waals surface area contributed by atoms with E-state index in [2.05, 4.69) is 14.8 Å². The molecule has 3 unspecified atom stereocenters. The Kier molecular flexibility index (Phi) is 6.26. The minimum atomic E-state index is -5.04. The quantitative estimate of drug-likeness (QED) is 0.0990. The van der Waals surface area contributed by atoms with Crippen LogP contribution < -0.4 is 29.6 Å². The molecule has 0 aromatic carbocycles. The molecule has 0 saturated carbocycles. The average Bonchev–Trinajstić information content (AvgIpc) is 2.18. The summed E-state index contributed by atoms with van der Waals surface area (Å²) in [5.41, 5.74) is 8.24. The number of rotatable bonds is 4. The predicted molar refractivity (Wildman–Crippen MR) is 54.5 cm³/mol. The van der Waals surface area contributed by atoms with Crippen molar-refractivity contribution in [2.24, 2.45) is 5.11 Å². The van der Waals surface area contributed by atoms with Gasteiger partial charge in [-0.3, -0.25) is 9.59 Å². The molecule has 1 fully saturated rings. The molecule has 12 heteroatoms. The number of nitrogens with zero attached hydrogens (tertiary/aromatic N) is 4. The van der Waals surface area contributed by atoms with E-state index in [-0.39, 0.29) is 33.9 Å². The van der Waals surface area contributed by atoms with Gasteiger partial charge >= 0.3 is 35.5 Å². The van der Waals surface area contributed by atoms with Crippen LogP contribution in [0.25, 0.3) is 10.4 Å². The Morgan fingerprint density at radius 1 is 1.63 bits per heavy atom. The molecule has 10 nitrogen and oxygen atoms in total. The van der Waals surface area contributed by atoms with Crippen LogP contribution in [-0.2, 0) is 24.6 Å². The van der Waals surface area contributed by atoms with Crippen LogP contribution in [0, 0.1) is 0 Å². The molecule has 0 aromatic rings. The Morgan fingerprint density at radius 3 is 2.53 bits per heavy atom. The molecule has 1 rings (SSSR count). The number of esters is 1. The average molecular weight is 300 g/mol. The molecule has 100 valence electrons. The van der Waals surface area contributed by atoms with Gasteiger partial charge in [-0.1, -0.05) is 5.11 Å². The molecular formula is C7H9N4NaO6S. The van der Waals surface area contributed by atoms with E-state index < -0.39 is 40.4 Å². The first-order valence-corrected chi connectivity index (χ1v) is 6.07. The third kappa shape index (κ3) is 3.81. The van der Waals surface area contributed by atoms with Crippen LogP contribution in [0.3, 0.4) is 0 Å². The van der Waals surface area contributed by atoms with Gasteiger partial charge in [0.1, 0.15) is 18.2 Å². The van der Waals surface area contributed by atoms with Crippen molar-refractivity contribution in [3.63, 3.8) is 0 Å². The largest absolute Gasteiger partial charge is 1.00 e. The van der Waals surface area contributed by atoms with Gasteiger partial charge in [0, 0.05) is 11.8 Å². The number of carbonyl (C=O) groups is 2. The number of amides is 1. The molecule has 19 heavy (non-hydrogen) atoms. The topological polar surface area (TPSA) is 153 Å². The molecule has 1 aliphatic heterocycles. The van der Waals surface area contributed by atoms with Crippen molar-refractivity contribution in [1.29, 1.82) is 0 Å². The van der Waals surface area contributed by atoms with Gasteiger partial charge in [0.15, 0.2) is 10.3 Å². The molecular weight excluding hydrogens is 291 g/mol. The molecule has 0 N–H and O–H groups in total. The van der Waals surface area contributed by atoms with E-state index in [9.17, 15) is 22.6 Å². The number of hydrogen-bond donors (Lipinski definition) is 0. The molecule has 3 atom stereocenters. The Morgan fingerprint density at radius 2 is 2.16 bits per heavy atom. The van der Waals surface area contributed by atoms with Gasteiger partial charge < -0.3 is 9.29 Å². The maximum absolute atomic E-state index is 11.3. The number of hydrogen-bond acceptors (Lipinski definition) is 7. The van der Waals surface area contributed by atoms with Gasteiger partial charge in [0.25, 0.3) is 0 Å². The third-order valence-electron chi connectivity index (χ3n) is 2.31. The molecule has 1 amide bonds. The summed E-state index contributed by atoms with van der Waals surface area (Å²) in [6.07, 6.45) is -1.08. The van der Waals surface area contributed by atoms with E-state index in [1.807, 2.05) is 0 Å². The maximum atomic E-state index is 11.3. The van der Waals surface area contributed by atoms with Gasteiger partial charge in [-0.25, -0.2) is 12.7 Å². The summed E-state index contributed by atoms with van der Waals surface area (Å²) in [5.74, 6) is -1.85. The summed E-state index contributed by atoms with van der Waals surface area (Å²) in [6.45, 7) is 2.37. The zero-order valence-electron chi connectivity index (χ0n) is 10.4. The summed E-state index contributed by atoms with van der Waals surface area (Å²) in [4.78, 5) is 24.5. The summed E-state index contributed by atoms with van der Waals surface area (Å²) in [5, 5.41) is 3.08. The van der Waals surface area contributed by atoms with Crippen molar-refractivity contribution < 1.29 is 56.9 Å². The molecule has 1 saturated heterocycles. The Balaban J connectivity index is 0.00000324. The van der Waals surface area contributed by atoms with Crippen molar-refractivity contribution >= 4 is 22.2 Å². The monoisotopic (exact) mass is 300 g/mol. The van der Waals surface area contributed by atoms with Crippen molar-refractivity contribution in [1.82, 2.24) is 4.31 Å². The van der Waals surface area contributed by atoms with Crippen molar-refractivity contribution in [3.05, 3.63) is 10.4 Å². The van der Waals surface area contributed by atoms with E-state index in [4.69, 9.17) is 5.53 Å². The Bertz CT molecular complexity index is 530. The molecule has 1 aliphatic rings. The fourth-order valence-electron chi connectivity index (χ4n) is 1.68. The minimum absolute atomic E-state index is 0. The number of ether oxygens (including phenoxy) is 1. The first kappa shape index (κ1) is 18.2. The van der Waals surface area contributed by atoms with Gasteiger partial charge in [-0.2, -0.15) is 0 Å². The summed E-state index contributed by atoms with van der Waals surface area (Å²) >= 11 is 0. The summed E-state index contributed by atoms with van der Waals surface area (Å²) < 4.78 is 37.2. The van der Waals surface area contributed by atoms with Crippen LogP contribution in [0.5, 0.6) is 0 Å². The molecule has 0 aromatic heterocycles. The summed E-state index contributed by atoms with van der Waals surface area (Å²) in [7, 11) is -5.04. The second kappa shape index (κ2) is 6.55. The first-order valence-electron chi connectivity index (χ1n) is 4.70. The fraction of sp³-hybridized carbons (Fsp3) is 0.714. The minimum Gasteiger partial charge on any atom is -0.731 e. The molecule has 0 bridgehead atoms. The molecule has 0 spiro atoms. The van der Waals surface area contributed by atoms with Crippen molar-refractivity contribution in [2.75, 3.05) is 0 Å². The smallest absolute Gasteiger partial charge is 0.731 e.